The average molecular weight is 226 g/mol. The second-order valence-corrected chi connectivity index (χ2v) is 5.44. The predicted octanol–water partition coefficient (Wildman–Crippen LogP) is 0.879. The van der Waals surface area contributed by atoms with Crippen molar-refractivity contribution in [2.75, 3.05) is 39.3 Å². The molecule has 16 heavy (non-hydrogen) atoms. The molecule has 2 aliphatic heterocycles. The van der Waals surface area contributed by atoms with Crippen molar-refractivity contribution in [3.8, 4) is 0 Å². The summed E-state index contributed by atoms with van der Waals surface area (Å²) in [6.45, 7) is 8.12. The lowest BCUT2D eigenvalue weighted by Crippen LogP contribution is -2.36. The summed E-state index contributed by atoms with van der Waals surface area (Å²) >= 11 is 0. The van der Waals surface area contributed by atoms with Gasteiger partial charge in [0.2, 0.25) is 0 Å². The van der Waals surface area contributed by atoms with Crippen molar-refractivity contribution in [2.24, 2.45) is 5.41 Å². The van der Waals surface area contributed by atoms with Crippen LogP contribution in [-0.2, 0) is 4.79 Å². The predicted molar refractivity (Wildman–Crippen MR) is 62.5 cm³/mol. The fraction of sp³-hybridized carbons (Fsp3) is 0.917. The second-order valence-electron chi connectivity index (χ2n) is 5.44. The van der Waals surface area contributed by atoms with E-state index in [1.54, 1.807) is 0 Å². The van der Waals surface area contributed by atoms with Gasteiger partial charge in [-0.25, -0.2) is 0 Å². The highest BCUT2D eigenvalue weighted by Gasteiger charge is 2.40. The fourth-order valence-electron chi connectivity index (χ4n) is 2.71. The van der Waals surface area contributed by atoms with E-state index in [0.29, 0.717) is 0 Å². The largest absolute Gasteiger partial charge is 0.481 e. The van der Waals surface area contributed by atoms with Crippen molar-refractivity contribution in [2.45, 2.75) is 26.2 Å². The topological polar surface area (TPSA) is 43.8 Å². The Bertz CT molecular complexity index is 264. The van der Waals surface area contributed by atoms with Crippen LogP contribution in [0.25, 0.3) is 0 Å². The van der Waals surface area contributed by atoms with Crippen LogP contribution in [0.1, 0.15) is 26.2 Å². The van der Waals surface area contributed by atoms with Gasteiger partial charge in [-0.1, -0.05) is 0 Å². The molecular weight excluding hydrogens is 204 g/mol. The lowest BCUT2D eigenvalue weighted by molar-refractivity contribution is -0.147. The fourth-order valence-corrected chi connectivity index (χ4v) is 2.71. The molecule has 1 unspecified atom stereocenters. The molecule has 0 saturated carbocycles. The lowest BCUT2D eigenvalue weighted by atomic mass is 9.90. The van der Waals surface area contributed by atoms with Gasteiger partial charge in [-0.3, -0.25) is 4.79 Å². The summed E-state index contributed by atoms with van der Waals surface area (Å²) in [5.74, 6) is -0.642. The van der Waals surface area contributed by atoms with Crippen molar-refractivity contribution in [3.05, 3.63) is 0 Å². The third-order valence-electron chi connectivity index (χ3n) is 4.00. The zero-order chi connectivity index (χ0) is 11.6. The van der Waals surface area contributed by atoms with Crippen molar-refractivity contribution < 1.29 is 9.90 Å². The third kappa shape index (κ3) is 2.55. The number of rotatable bonds is 4. The molecule has 0 bridgehead atoms. The van der Waals surface area contributed by atoms with Gasteiger partial charge in [0, 0.05) is 19.6 Å². The maximum atomic E-state index is 11.1. The number of hydrogen-bond acceptors (Lipinski definition) is 3. The minimum Gasteiger partial charge on any atom is -0.481 e. The number of nitrogens with zero attached hydrogens (tertiary/aromatic N) is 2. The van der Waals surface area contributed by atoms with E-state index in [1.165, 1.54) is 25.9 Å². The van der Waals surface area contributed by atoms with Crippen LogP contribution in [0.15, 0.2) is 0 Å². The molecule has 2 aliphatic rings. The van der Waals surface area contributed by atoms with E-state index in [-0.39, 0.29) is 0 Å². The summed E-state index contributed by atoms with van der Waals surface area (Å²) in [6, 6.07) is 0. The van der Waals surface area contributed by atoms with E-state index < -0.39 is 11.4 Å². The third-order valence-corrected chi connectivity index (χ3v) is 4.00. The van der Waals surface area contributed by atoms with Crippen molar-refractivity contribution >= 4 is 5.97 Å². The van der Waals surface area contributed by atoms with Gasteiger partial charge in [-0.15, -0.1) is 0 Å². The summed E-state index contributed by atoms with van der Waals surface area (Å²) < 4.78 is 0. The molecule has 92 valence electrons. The van der Waals surface area contributed by atoms with Crippen LogP contribution < -0.4 is 0 Å². The van der Waals surface area contributed by atoms with Crippen LogP contribution >= 0.6 is 0 Å². The first-order chi connectivity index (χ1) is 7.60. The lowest BCUT2D eigenvalue weighted by Gasteiger charge is -2.22. The Morgan fingerprint density at radius 3 is 2.38 bits per heavy atom. The number of aliphatic carboxylic acids is 1. The van der Waals surface area contributed by atoms with E-state index >= 15 is 0 Å². The van der Waals surface area contributed by atoms with Crippen LogP contribution in [0.3, 0.4) is 0 Å². The summed E-state index contributed by atoms with van der Waals surface area (Å²) in [4.78, 5) is 15.9. The molecule has 0 aromatic carbocycles. The Morgan fingerprint density at radius 2 is 1.81 bits per heavy atom. The number of likely N-dealkylation sites (tertiary alicyclic amines) is 2. The van der Waals surface area contributed by atoms with E-state index in [1.807, 2.05) is 6.92 Å². The van der Waals surface area contributed by atoms with Gasteiger partial charge in [0.05, 0.1) is 5.41 Å². The average Bonchev–Trinajstić information content (AvgIpc) is 2.85. The molecule has 2 rings (SSSR count). The summed E-state index contributed by atoms with van der Waals surface area (Å²) in [5, 5.41) is 9.13. The number of hydrogen-bond donors (Lipinski definition) is 1. The maximum absolute atomic E-state index is 11.1. The number of carbonyl (C=O) groups is 1. The Kier molecular flexibility index (Phi) is 3.50. The maximum Gasteiger partial charge on any atom is 0.310 e. The molecule has 0 aliphatic carbocycles. The standard InChI is InChI=1S/C12H22N2O2/c1-12(11(15)16)4-7-14(10-12)9-8-13-5-2-3-6-13/h2-10H2,1H3,(H,15,16). The van der Waals surface area contributed by atoms with Gasteiger partial charge in [0.15, 0.2) is 0 Å². The summed E-state index contributed by atoms with van der Waals surface area (Å²) in [7, 11) is 0. The Balaban J connectivity index is 1.74. The smallest absolute Gasteiger partial charge is 0.310 e. The van der Waals surface area contributed by atoms with Gasteiger partial charge < -0.3 is 14.9 Å². The summed E-state index contributed by atoms with van der Waals surface area (Å²) in [5.41, 5.74) is -0.509. The van der Waals surface area contributed by atoms with Gasteiger partial charge in [-0.05, 0) is 45.8 Å². The molecule has 0 aromatic heterocycles. The minimum atomic E-state index is -0.642. The van der Waals surface area contributed by atoms with Crippen LogP contribution in [0.4, 0.5) is 0 Å². The van der Waals surface area contributed by atoms with E-state index in [4.69, 9.17) is 5.11 Å². The van der Waals surface area contributed by atoms with Crippen molar-refractivity contribution in [1.82, 2.24) is 9.80 Å². The Morgan fingerprint density at radius 1 is 1.19 bits per heavy atom. The van der Waals surface area contributed by atoms with Gasteiger partial charge in [0.25, 0.3) is 0 Å². The van der Waals surface area contributed by atoms with E-state index in [0.717, 1.165) is 32.6 Å². The normalized spacial score (nSPS) is 32.3. The molecule has 4 nitrogen and oxygen atoms in total. The molecule has 0 aromatic rings. The highest BCUT2D eigenvalue weighted by atomic mass is 16.4. The number of carboxylic acids is 1. The van der Waals surface area contributed by atoms with Crippen LogP contribution in [-0.4, -0.2) is 60.1 Å². The Hall–Kier alpha value is -0.610. The molecule has 2 heterocycles. The molecule has 0 radical (unpaired) electrons. The highest BCUT2D eigenvalue weighted by molar-refractivity contribution is 5.74. The summed E-state index contributed by atoms with van der Waals surface area (Å²) in [6.07, 6.45) is 3.45. The second kappa shape index (κ2) is 4.72. The Labute approximate surface area is 97.2 Å². The molecule has 0 spiro atoms. The molecule has 2 fully saturated rings. The molecule has 2 saturated heterocycles. The van der Waals surface area contributed by atoms with Crippen LogP contribution in [0.2, 0.25) is 0 Å². The van der Waals surface area contributed by atoms with E-state index in [2.05, 4.69) is 9.80 Å². The van der Waals surface area contributed by atoms with Gasteiger partial charge in [0.1, 0.15) is 0 Å². The van der Waals surface area contributed by atoms with Gasteiger partial charge in [-0.2, -0.15) is 0 Å². The SMILES string of the molecule is CC1(C(=O)O)CCN(CCN2CCCC2)C1. The molecule has 0 amide bonds. The molecule has 1 N–H and O–H groups in total. The van der Waals surface area contributed by atoms with E-state index in [9.17, 15) is 4.79 Å². The molecular formula is C12H22N2O2. The van der Waals surface area contributed by atoms with Crippen LogP contribution in [0, 0.1) is 5.41 Å². The zero-order valence-electron chi connectivity index (χ0n) is 10.1. The first-order valence-corrected chi connectivity index (χ1v) is 6.28. The van der Waals surface area contributed by atoms with Gasteiger partial charge >= 0.3 is 5.97 Å². The molecule has 1 atom stereocenters. The zero-order valence-corrected chi connectivity index (χ0v) is 10.1. The van der Waals surface area contributed by atoms with Crippen molar-refractivity contribution in [1.29, 1.82) is 0 Å². The monoisotopic (exact) mass is 226 g/mol. The number of carboxylic acid groups (broad SMARTS) is 1. The first-order valence-electron chi connectivity index (χ1n) is 6.28. The van der Waals surface area contributed by atoms with Crippen molar-refractivity contribution in [3.63, 3.8) is 0 Å². The van der Waals surface area contributed by atoms with Crippen LogP contribution in [0.5, 0.6) is 0 Å². The minimum absolute atomic E-state index is 0.509. The highest BCUT2D eigenvalue weighted by Crippen LogP contribution is 2.29. The quantitative estimate of drug-likeness (QED) is 0.773. The molecule has 4 heteroatoms. The first kappa shape index (κ1) is 11.9.